The molecule has 0 bridgehead atoms. The van der Waals surface area contributed by atoms with Gasteiger partial charge in [0.25, 0.3) is 5.91 Å². The second-order valence-electron chi connectivity index (χ2n) is 4.75. The Hall–Kier alpha value is -1.71. The van der Waals surface area contributed by atoms with Gasteiger partial charge in [-0.05, 0) is 31.0 Å². The highest BCUT2D eigenvalue weighted by molar-refractivity contribution is 7.85. The van der Waals surface area contributed by atoms with Crippen molar-refractivity contribution in [2.24, 2.45) is 0 Å². The molecular weight excluding hydrogens is 293 g/mol. The van der Waals surface area contributed by atoms with Crippen LogP contribution < -0.4 is 5.32 Å². The fourth-order valence-electron chi connectivity index (χ4n) is 2.15. The summed E-state index contributed by atoms with van der Waals surface area (Å²) in [5.74, 6) is 5.33. The Balaban J connectivity index is 2.14. The molecule has 2 rings (SSSR count). The monoisotopic (exact) mass is 309 g/mol. The number of carbonyl (C=O) groups is 1. The van der Waals surface area contributed by atoms with Gasteiger partial charge in [-0.15, -0.1) is 0 Å². The molecule has 1 saturated heterocycles. The number of benzene rings is 1. The van der Waals surface area contributed by atoms with Crippen molar-refractivity contribution in [1.82, 2.24) is 5.32 Å². The van der Waals surface area contributed by atoms with E-state index >= 15 is 0 Å². The van der Waals surface area contributed by atoms with Crippen LogP contribution in [0.2, 0.25) is 0 Å². The molecule has 112 valence electrons. The van der Waals surface area contributed by atoms with E-state index in [4.69, 9.17) is 5.11 Å². The minimum Gasteiger partial charge on any atom is -0.384 e. The zero-order chi connectivity index (χ0) is 15.2. The zero-order valence-corrected chi connectivity index (χ0v) is 12.2. The van der Waals surface area contributed by atoms with Gasteiger partial charge in [0.05, 0.1) is 5.56 Å². The smallest absolute Gasteiger partial charge is 0.252 e. The Morgan fingerprint density at radius 1 is 1.43 bits per heavy atom. The van der Waals surface area contributed by atoms with Gasteiger partial charge < -0.3 is 10.4 Å². The number of halogens is 1. The number of amides is 1. The standard InChI is InChI=1S/C15H16FNO3S/c16-12-4-3-11(2-1-7-18)14(10-12)15(19)17-13-5-8-21(20)9-6-13/h3-4,10,13,18H,5-9H2,(H,17,19). The van der Waals surface area contributed by atoms with Crippen molar-refractivity contribution in [3.63, 3.8) is 0 Å². The minimum absolute atomic E-state index is 0.0443. The van der Waals surface area contributed by atoms with Gasteiger partial charge >= 0.3 is 0 Å². The van der Waals surface area contributed by atoms with Gasteiger partial charge in [0.2, 0.25) is 0 Å². The lowest BCUT2D eigenvalue weighted by molar-refractivity contribution is 0.0934. The number of aliphatic hydroxyl groups excluding tert-OH is 1. The van der Waals surface area contributed by atoms with Crippen LogP contribution in [0.1, 0.15) is 28.8 Å². The molecule has 21 heavy (non-hydrogen) atoms. The maximum absolute atomic E-state index is 13.3. The number of aliphatic hydroxyl groups is 1. The Bertz CT molecular complexity index is 611. The summed E-state index contributed by atoms with van der Waals surface area (Å²) < 4.78 is 24.6. The summed E-state index contributed by atoms with van der Waals surface area (Å²) in [4.78, 5) is 12.2. The molecule has 1 aliphatic rings. The first-order chi connectivity index (χ1) is 10.1. The average molecular weight is 309 g/mol. The van der Waals surface area contributed by atoms with E-state index < -0.39 is 22.5 Å². The van der Waals surface area contributed by atoms with Crippen LogP contribution in [0, 0.1) is 17.7 Å². The summed E-state index contributed by atoms with van der Waals surface area (Å²) >= 11 is 0. The molecule has 0 atom stereocenters. The fraction of sp³-hybridized carbons (Fsp3) is 0.400. The minimum atomic E-state index is -0.794. The summed E-state index contributed by atoms with van der Waals surface area (Å²) in [5, 5.41) is 11.5. The molecule has 0 radical (unpaired) electrons. The van der Waals surface area contributed by atoms with Gasteiger partial charge in [0.15, 0.2) is 0 Å². The van der Waals surface area contributed by atoms with Crippen LogP contribution in [-0.4, -0.2) is 39.4 Å². The summed E-state index contributed by atoms with van der Waals surface area (Å²) in [6.45, 7) is -0.327. The molecule has 4 nitrogen and oxygen atoms in total. The molecule has 0 saturated carbocycles. The molecule has 1 heterocycles. The predicted octanol–water partition coefficient (Wildman–Crippen LogP) is 0.810. The molecule has 0 unspecified atom stereocenters. The highest BCUT2D eigenvalue weighted by atomic mass is 32.2. The van der Waals surface area contributed by atoms with Crippen LogP contribution in [0.3, 0.4) is 0 Å². The number of hydrogen-bond donors (Lipinski definition) is 2. The number of nitrogens with one attached hydrogen (secondary N) is 1. The van der Waals surface area contributed by atoms with E-state index in [2.05, 4.69) is 17.2 Å². The van der Waals surface area contributed by atoms with Gasteiger partial charge in [-0.25, -0.2) is 4.39 Å². The summed E-state index contributed by atoms with van der Waals surface area (Å²) in [6, 6.07) is 3.74. The molecule has 0 spiro atoms. The van der Waals surface area contributed by atoms with E-state index in [0.29, 0.717) is 29.9 Å². The lowest BCUT2D eigenvalue weighted by Gasteiger charge is -2.22. The van der Waals surface area contributed by atoms with Gasteiger partial charge in [0, 0.05) is 33.9 Å². The van der Waals surface area contributed by atoms with Crippen molar-refractivity contribution in [2.45, 2.75) is 18.9 Å². The zero-order valence-electron chi connectivity index (χ0n) is 11.4. The van der Waals surface area contributed by atoms with Gasteiger partial charge in [-0.2, -0.15) is 0 Å². The lowest BCUT2D eigenvalue weighted by Crippen LogP contribution is -2.39. The van der Waals surface area contributed by atoms with E-state index in [9.17, 15) is 13.4 Å². The second kappa shape index (κ2) is 7.34. The molecule has 0 aliphatic carbocycles. The Morgan fingerprint density at radius 3 is 2.81 bits per heavy atom. The van der Waals surface area contributed by atoms with Crippen LogP contribution in [0.5, 0.6) is 0 Å². The molecule has 1 amide bonds. The summed E-state index contributed by atoms with van der Waals surface area (Å²) in [6.07, 6.45) is 1.32. The van der Waals surface area contributed by atoms with E-state index in [-0.39, 0.29) is 18.2 Å². The van der Waals surface area contributed by atoms with Crippen LogP contribution >= 0.6 is 0 Å². The number of carbonyl (C=O) groups excluding carboxylic acids is 1. The largest absolute Gasteiger partial charge is 0.384 e. The maximum atomic E-state index is 13.3. The van der Waals surface area contributed by atoms with E-state index in [0.717, 1.165) is 6.07 Å². The normalized spacial score (nSPS) is 21.2. The quantitative estimate of drug-likeness (QED) is 0.795. The Kier molecular flexibility index (Phi) is 5.48. The van der Waals surface area contributed by atoms with Crippen molar-refractivity contribution in [1.29, 1.82) is 0 Å². The molecule has 1 aromatic rings. The third-order valence-electron chi connectivity index (χ3n) is 3.25. The first-order valence-corrected chi connectivity index (χ1v) is 8.14. The summed E-state index contributed by atoms with van der Waals surface area (Å²) in [5.41, 5.74) is 0.532. The highest BCUT2D eigenvalue weighted by Crippen LogP contribution is 2.14. The number of hydrogen-bond acceptors (Lipinski definition) is 3. The second-order valence-corrected chi connectivity index (χ2v) is 6.44. The SMILES string of the molecule is O=C(NC1CCS(=O)CC1)c1cc(F)ccc1C#CCO. The number of rotatable bonds is 2. The lowest BCUT2D eigenvalue weighted by atomic mass is 10.1. The van der Waals surface area contributed by atoms with Gasteiger partial charge in [-0.1, -0.05) is 11.8 Å². The van der Waals surface area contributed by atoms with Gasteiger partial charge in [-0.3, -0.25) is 9.00 Å². The van der Waals surface area contributed by atoms with Crippen LogP contribution in [0.15, 0.2) is 18.2 Å². The third-order valence-corrected chi connectivity index (χ3v) is 4.63. The van der Waals surface area contributed by atoms with Crippen molar-refractivity contribution in [2.75, 3.05) is 18.1 Å². The topological polar surface area (TPSA) is 66.4 Å². The van der Waals surface area contributed by atoms with Crippen LogP contribution in [0.25, 0.3) is 0 Å². The fourth-order valence-corrected chi connectivity index (χ4v) is 3.45. The maximum Gasteiger partial charge on any atom is 0.252 e. The van der Waals surface area contributed by atoms with Crippen molar-refractivity contribution < 1.29 is 18.5 Å². The first-order valence-electron chi connectivity index (χ1n) is 6.65. The molecule has 0 aromatic heterocycles. The summed E-state index contributed by atoms with van der Waals surface area (Å²) in [7, 11) is -0.794. The Labute approximate surface area is 125 Å². The van der Waals surface area contributed by atoms with Crippen molar-refractivity contribution in [3.05, 3.63) is 35.1 Å². The van der Waals surface area contributed by atoms with Crippen molar-refractivity contribution in [3.8, 4) is 11.8 Å². The highest BCUT2D eigenvalue weighted by Gasteiger charge is 2.21. The molecule has 1 fully saturated rings. The van der Waals surface area contributed by atoms with E-state index in [1.54, 1.807) is 0 Å². The van der Waals surface area contributed by atoms with Gasteiger partial charge in [0.1, 0.15) is 12.4 Å². The molecule has 1 aromatic carbocycles. The average Bonchev–Trinajstić information content (AvgIpc) is 2.48. The van der Waals surface area contributed by atoms with Crippen LogP contribution in [0.4, 0.5) is 4.39 Å². The van der Waals surface area contributed by atoms with Crippen LogP contribution in [-0.2, 0) is 10.8 Å². The molecule has 1 aliphatic heterocycles. The predicted molar refractivity (Wildman–Crippen MR) is 78.7 cm³/mol. The first kappa shape index (κ1) is 15.7. The molecule has 6 heteroatoms. The molecular formula is C15H16FNO3S. The third kappa shape index (κ3) is 4.38. The molecule has 2 N–H and O–H groups in total. The van der Waals surface area contributed by atoms with Crippen molar-refractivity contribution >= 4 is 16.7 Å². The van der Waals surface area contributed by atoms with E-state index in [1.807, 2.05) is 0 Å². The Morgan fingerprint density at radius 2 is 2.14 bits per heavy atom. The van der Waals surface area contributed by atoms with E-state index in [1.165, 1.54) is 12.1 Å².